The Balaban J connectivity index is 1.54. The highest BCUT2D eigenvalue weighted by Crippen LogP contribution is 2.26. The highest BCUT2D eigenvalue weighted by molar-refractivity contribution is 5.59. The van der Waals surface area contributed by atoms with Gasteiger partial charge in [-0.15, -0.1) is 0 Å². The number of fused-ring (bicyclic) bond motifs is 2. The second-order valence-electron chi connectivity index (χ2n) is 8.35. The minimum Gasteiger partial charge on any atom is -0.355 e. The molecule has 0 bridgehead atoms. The average Bonchev–Trinajstić information content (AvgIpc) is 3.16. The fourth-order valence-electron chi connectivity index (χ4n) is 4.92. The Morgan fingerprint density at radius 1 is 0.815 bits per heavy atom. The number of hydrogen-bond donors (Lipinski definition) is 0. The molecule has 2 aromatic rings. The summed E-state index contributed by atoms with van der Waals surface area (Å²) in [6.07, 6.45) is 9.57. The number of nitrogens with zero attached hydrogens (tertiary/aromatic N) is 2. The maximum atomic E-state index is 2.62. The van der Waals surface area contributed by atoms with Gasteiger partial charge in [0.15, 0.2) is 0 Å². The average molecular weight is 357 g/mol. The summed E-state index contributed by atoms with van der Waals surface area (Å²) >= 11 is 0. The monoisotopic (exact) mass is 356 g/mol. The molecule has 1 saturated heterocycles. The zero-order chi connectivity index (χ0) is 18.4. The van der Waals surface area contributed by atoms with Gasteiger partial charge in [-0.25, -0.2) is 0 Å². The van der Waals surface area contributed by atoms with E-state index in [2.05, 4.69) is 84.3 Å². The van der Waals surface area contributed by atoms with Crippen molar-refractivity contribution >= 4 is 29.6 Å². The number of anilines is 1. The molecule has 2 heteroatoms. The van der Waals surface area contributed by atoms with Gasteiger partial charge < -0.3 is 9.80 Å². The summed E-state index contributed by atoms with van der Waals surface area (Å²) < 4.78 is 0. The van der Waals surface area contributed by atoms with Crippen molar-refractivity contribution in [1.82, 2.24) is 4.90 Å². The summed E-state index contributed by atoms with van der Waals surface area (Å²) in [5.74, 6) is 1.22. The van der Waals surface area contributed by atoms with Crippen LogP contribution in [0.4, 0.5) is 5.69 Å². The standard InChI is InChI=1S/C25H28N2/c1-18-10-12-21-7-5-9-24(23(21)16-18)26-14-15-27(17-26)25-19(2)11-13-20-6-3-4-8-22(20)25/h3-9,12-13,16,18-19H,10-11,14-15,17H2,1-2H3/t18-,19+/m0/s1. The summed E-state index contributed by atoms with van der Waals surface area (Å²) in [4.78, 5) is 5.19. The van der Waals surface area contributed by atoms with Crippen LogP contribution in [0.5, 0.6) is 0 Å². The van der Waals surface area contributed by atoms with E-state index >= 15 is 0 Å². The van der Waals surface area contributed by atoms with E-state index in [-0.39, 0.29) is 0 Å². The molecule has 2 nitrogen and oxygen atoms in total. The Labute approximate surface area is 161 Å². The van der Waals surface area contributed by atoms with Crippen LogP contribution in [-0.4, -0.2) is 24.7 Å². The molecular weight excluding hydrogens is 328 g/mol. The Bertz CT molecular complexity index is 1110. The minimum absolute atomic E-state index is 0.587. The molecule has 2 aliphatic carbocycles. The third-order valence-corrected chi connectivity index (χ3v) is 6.34. The van der Waals surface area contributed by atoms with Crippen LogP contribution in [0.15, 0.2) is 42.5 Å². The van der Waals surface area contributed by atoms with Crippen molar-refractivity contribution in [2.45, 2.75) is 26.7 Å². The van der Waals surface area contributed by atoms with Gasteiger partial charge in [0.1, 0.15) is 0 Å². The van der Waals surface area contributed by atoms with Gasteiger partial charge in [-0.05, 0) is 35.3 Å². The van der Waals surface area contributed by atoms with Crippen molar-refractivity contribution in [1.29, 1.82) is 0 Å². The second kappa shape index (κ2) is 6.60. The minimum atomic E-state index is 0.587. The molecule has 0 unspecified atom stereocenters. The maximum absolute atomic E-state index is 2.62. The van der Waals surface area contributed by atoms with Crippen molar-refractivity contribution in [2.75, 3.05) is 24.7 Å². The van der Waals surface area contributed by atoms with Gasteiger partial charge in [0.25, 0.3) is 0 Å². The Morgan fingerprint density at radius 3 is 2.52 bits per heavy atom. The van der Waals surface area contributed by atoms with Gasteiger partial charge in [-0.1, -0.05) is 68.5 Å². The van der Waals surface area contributed by atoms with Gasteiger partial charge in [0.2, 0.25) is 0 Å². The zero-order valence-electron chi connectivity index (χ0n) is 16.4. The van der Waals surface area contributed by atoms with Crippen LogP contribution in [0.1, 0.15) is 26.7 Å². The Hall–Kier alpha value is -2.48. The molecule has 0 saturated carbocycles. The molecule has 0 amide bonds. The fraction of sp³-hybridized carbons (Fsp3) is 0.360. The highest BCUT2D eigenvalue weighted by Gasteiger charge is 2.27. The van der Waals surface area contributed by atoms with E-state index in [0.29, 0.717) is 11.8 Å². The predicted molar refractivity (Wildman–Crippen MR) is 115 cm³/mol. The first kappa shape index (κ1) is 16.7. The maximum Gasteiger partial charge on any atom is 0.0902 e. The summed E-state index contributed by atoms with van der Waals surface area (Å²) in [7, 11) is 0. The van der Waals surface area contributed by atoms with Crippen LogP contribution >= 0.6 is 0 Å². The van der Waals surface area contributed by atoms with Gasteiger partial charge in [-0.3, -0.25) is 0 Å². The lowest BCUT2D eigenvalue weighted by Crippen LogP contribution is -2.40. The molecule has 0 aromatic heterocycles. The molecule has 5 rings (SSSR count). The van der Waals surface area contributed by atoms with E-state index in [1.807, 2.05) is 0 Å². The molecule has 2 atom stereocenters. The second-order valence-corrected chi connectivity index (χ2v) is 8.35. The van der Waals surface area contributed by atoms with E-state index in [1.54, 1.807) is 0 Å². The van der Waals surface area contributed by atoms with Crippen LogP contribution in [-0.2, 0) is 0 Å². The summed E-state index contributed by atoms with van der Waals surface area (Å²) in [5.41, 5.74) is 2.94. The molecule has 2 aromatic carbocycles. The van der Waals surface area contributed by atoms with Gasteiger partial charge in [0.05, 0.1) is 6.67 Å². The van der Waals surface area contributed by atoms with Gasteiger partial charge in [-0.2, -0.15) is 0 Å². The van der Waals surface area contributed by atoms with Gasteiger partial charge >= 0.3 is 0 Å². The topological polar surface area (TPSA) is 6.48 Å². The fourth-order valence-corrected chi connectivity index (χ4v) is 4.92. The SMILES string of the molecule is C[C@@H]1C=c2c(N3CCN(C4=c5ccccc5=CC[C@H]4C)C3)cccc2=CC1. The van der Waals surface area contributed by atoms with Crippen LogP contribution in [0.25, 0.3) is 23.9 Å². The molecule has 0 radical (unpaired) electrons. The molecule has 27 heavy (non-hydrogen) atoms. The molecule has 3 aliphatic rings. The third-order valence-electron chi connectivity index (χ3n) is 6.34. The Kier molecular flexibility index (Phi) is 4.07. The zero-order valence-corrected chi connectivity index (χ0v) is 16.4. The third kappa shape index (κ3) is 2.88. The molecule has 0 N–H and O–H groups in total. The predicted octanol–water partition coefficient (Wildman–Crippen LogP) is 2.00. The smallest absolute Gasteiger partial charge is 0.0902 e. The lowest BCUT2D eigenvalue weighted by molar-refractivity contribution is 0.444. The lowest BCUT2D eigenvalue weighted by Gasteiger charge is -2.29. The van der Waals surface area contributed by atoms with E-state index < -0.39 is 0 Å². The Morgan fingerprint density at radius 2 is 1.59 bits per heavy atom. The first-order valence-corrected chi connectivity index (χ1v) is 10.3. The van der Waals surface area contributed by atoms with E-state index in [4.69, 9.17) is 0 Å². The molecule has 1 heterocycles. The van der Waals surface area contributed by atoms with E-state index in [0.717, 1.165) is 32.6 Å². The lowest BCUT2D eigenvalue weighted by atomic mass is 9.94. The van der Waals surface area contributed by atoms with Crippen molar-refractivity contribution in [3.05, 3.63) is 63.3 Å². The highest BCUT2D eigenvalue weighted by atomic mass is 15.4. The number of rotatable bonds is 2. The first-order valence-electron chi connectivity index (χ1n) is 10.3. The van der Waals surface area contributed by atoms with Gasteiger partial charge in [0, 0.05) is 40.8 Å². The summed E-state index contributed by atoms with van der Waals surface area (Å²) in [6, 6.07) is 15.7. The summed E-state index contributed by atoms with van der Waals surface area (Å²) in [6.45, 7) is 7.89. The molecule has 0 spiro atoms. The molecule has 1 fully saturated rings. The normalized spacial score (nSPS) is 23.9. The summed E-state index contributed by atoms with van der Waals surface area (Å²) in [5, 5.41) is 5.68. The van der Waals surface area contributed by atoms with Crippen molar-refractivity contribution in [2.24, 2.45) is 11.8 Å². The number of hydrogen-bond acceptors (Lipinski definition) is 2. The van der Waals surface area contributed by atoms with Crippen molar-refractivity contribution < 1.29 is 0 Å². The van der Waals surface area contributed by atoms with Crippen molar-refractivity contribution in [3.8, 4) is 0 Å². The molecule has 138 valence electrons. The van der Waals surface area contributed by atoms with E-state index in [1.165, 1.54) is 32.3 Å². The van der Waals surface area contributed by atoms with E-state index in [9.17, 15) is 0 Å². The molecule has 1 aliphatic heterocycles. The van der Waals surface area contributed by atoms with Crippen molar-refractivity contribution in [3.63, 3.8) is 0 Å². The van der Waals surface area contributed by atoms with Crippen LogP contribution in [0, 0.1) is 11.8 Å². The molecular formula is C25H28N2. The quantitative estimate of drug-likeness (QED) is 0.812. The largest absolute Gasteiger partial charge is 0.355 e. The van der Waals surface area contributed by atoms with Crippen LogP contribution in [0.2, 0.25) is 0 Å². The number of benzene rings is 2. The van der Waals surface area contributed by atoms with Crippen LogP contribution < -0.4 is 25.8 Å². The first-order chi connectivity index (χ1) is 13.2. The van der Waals surface area contributed by atoms with Crippen LogP contribution in [0.3, 0.4) is 0 Å².